The van der Waals surface area contributed by atoms with Crippen molar-refractivity contribution < 1.29 is 9.28 Å². The summed E-state index contributed by atoms with van der Waals surface area (Å²) in [5, 5.41) is 7.07. The van der Waals surface area contributed by atoms with Gasteiger partial charge in [-0.05, 0) is 32.5 Å². The summed E-state index contributed by atoms with van der Waals surface area (Å²) in [4.78, 5) is 14.6. The lowest BCUT2D eigenvalue weighted by molar-refractivity contribution is 0.0937. The van der Waals surface area contributed by atoms with E-state index in [4.69, 9.17) is 0 Å². The lowest BCUT2D eigenvalue weighted by Crippen LogP contribution is -2.38. The fourth-order valence-corrected chi connectivity index (χ4v) is 2.73. The topological polar surface area (TPSA) is 50.2 Å². The molecule has 0 spiro atoms. The van der Waals surface area contributed by atoms with Crippen molar-refractivity contribution >= 4 is 16.8 Å². The Morgan fingerprint density at radius 2 is 2.30 bits per heavy atom. The Morgan fingerprint density at radius 1 is 1.50 bits per heavy atom. The number of nitrogens with zero attached hydrogens (tertiary/aromatic N) is 3. The van der Waals surface area contributed by atoms with Crippen molar-refractivity contribution in [2.45, 2.75) is 18.9 Å². The zero-order chi connectivity index (χ0) is 14.1. The van der Waals surface area contributed by atoms with E-state index < -0.39 is 0 Å². The predicted molar refractivity (Wildman–Crippen MR) is 74.2 cm³/mol. The first kappa shape index (κ1) is 13.1. The number of benzene rings is 1. The average molecular weight is 276 g/mol. The van der Waals surface area contributed by atoms with E-state index in [2.05, 4.69) is 22.4 Å². The molecule has 2 aromatic rings. The molecule has 20 heavy (non-hydrogen) atoms. The Hall–Kier alpha value is -1.95. The van der Waals surface area contributed by atoms with Crippen molar-refractivity contribution in [3.63, 3.8) is 0 Å². The van der Waals surface area contributed by atoms with Crippen molar-refractivity contribution in [1.29, 1.82) is 0 Å². The average Bonchev–Trinajstić information content (AvgIpc) is 3.01. The molecule has 1 aliphatic heterocycles. The molecule has 0 bridgehead atoms. The van der Waals surface area contributed by atoms with Crippen LogP contribution in [0.25, 0.3) is 10.9 Å². The quantitative estimate of drug-likeness (QED) is 0.926. The number of hydrogen-bond acceptors (Lipinski definition) is 3. The smallest absolute Gasteiger partial charge is 0.272 e. The molecule has 0 saturated carbocycles. The number of likely N-dealkylation sites (N-methyl/N-ethyl adjacent to an activating group) is 1. The second-order valence-corrected chi connectivity index (χ2v) is 5.21. The van der Waals surface area contributed by atoms with Crippen molar-refractivity contribution in [2.75, 3.05) is 20.1 Å². The van der Waals surface area contributed by atoms with Gasteiger partial charge in [-0.1, -0.05) is 27.6 Å². The lowest BCUT2D eigenvalue weighted by Gasteiger charge is -2.19. The van der Waals surface area contributed by atoms with E-state index in [0.29, 0.717) is 23.5 Å². The van der Waals surface area contributed by atoms with Gasteiger partial charge in [0, 0.05) is 18.0 Å². The van der Waals surface area contributed by atoms with Gasteiger partial charge in [0.05, 0.1) is 0 Å². The Labute approximate surface area is 116 Å². The minimum atomic E-state index is -0.321. The number of hydrogen-bond donors (Lipinski definition) is 1. The summed E-state index contributed by atoms with van der Waals surface area (Å²) < 4.78 is 13.6. The number of amides is 1. The highest BCUT2D eigenvalue weighted by molar-refractivity contribution is 6.04. The summed E-state index contributed by atoms with van der Waals surface area (Å²) in [5.41, 5.74) is 0.458. The number of carbonyl (C=O) groups is 1. The van der Waals surface area contributed by atoms with E-state index in [1.54, 1.807) is 24.3 Å². The first-order valence-corrected chi connectivity index (χ1v) is 6.79. The van der Waals surface area contributed by atoms with Crippen LogP contribution in [-0.2, 0) is 0 Å². The highest BCUT2D eigenvalue weighted by atomic mass is 19.2. The van der Waals surface area contributed by atoms with Gasteiger partial charge in [0.1, 0.15) is 5.52 Å². The number of carbonyl (C=O) groups excluding carboxylic acids is 1. The number of fused-ring (bicyclic) bond motifs is 1. The van der Waals surface area contributed by atoms with E-state index >= 15 is 0 Å². The number of rotatable bonds is 3. The Balaban J connectivity index is 1.76. The standard InChI is InChI=1S/C14H17FN4O/c1-18-8-4-5-10(18)9-16-14(20)13-11-6-2-3-7-12(11)19(15)17-13/h2-3,6-7,10H,4-5,8-9H2,1H3,(H,16,20)/t10-/m1/s1. The van der Waals surface area contributed by atoms with Gasteiger partial charge >= 0.3 is 0 Å². The number of nitrogens with one attached hydrogen (secondary N) is 1. The summed E-state index contributed by atoms with van der Waals surface area (Å²) in [5.74, 6) is -0.321. The number of aromatic nitrogens is 2. The van der Waals surface area contributed by atoms with Crippen LogP contribution in [0, 0.1) is 0 Å². The fraction of sp³-hybridized carbons (Fsp3) is 0.429. The van der Waals surface area contributed by atoms with Crippen LogP contribution < -0.4 is 5.32 Å². The van der Waals surface area contributed by atoms with Crippen LogP contribution in [0.2, 0.25) is 0 Å². The molecule has 3 rings (SSSR count). The molecule has 0 unspecified atom stereocenters. The highest BCUT2D eigenvalue weighted by Crippen LogP contribution is 2.18. The van der Waals surface area contributed by atoms with E-state index in [-0.39, 0.29) is 16.5 Å². The molecule has 1 atom stereocenters. The van der Waals surface area contributed by atoms with Gasteiger partial charge in [-0.2, -0.15) is 0 Å². The van der Waals surface area contributed by atoms with Crippen molar-refractivity contribution in [3.8, 4) is 0 Å². The predicted octanol–water partition coefficient (Wildman–Crippen LogP) is 1.59. The Bertz CT molecular complexity index is 639. The molecular formula is C14H17FN4O. The molecular weight excluding hydrogens is 259 g/mol. The second-order valence-electron chi connectivity index (χ2n) is 5.21. The fourth-order valence-electron chi connectivity index (χ4n) is 2.73. The maximum absolute atomic E-state index is 13.6. The minimum absolute atomic E-state index is 0.142. The summed E-state index contributed by atoms with van der Waals surface area (Å²) in [7, 11) is 2.05. The summed E-state index contributed by atoms with van der Waals surface area (Å²) >= 11 is 0. The molecule has 1 saturated heterocycles. The van der Waals surface area contributed by atoms with E-state index in [1.165, 1.54) is 0 Å². The van der Waals surface area contributed by atoms with Crippen LogP contribution in [0.1, 0.15) is 23.3 Å². The van der Waals surface area contributed by atoms with Crippen LogP contribution in [0.15, 0.2) is 24.3 Å². The third-order valence-corrected chi connectivity index (χ3v) is 3.93. The lowest BCUT2D eigenvalue weighted by atomic mass is 10.2. The van der Waals surface area contributed by atoms with Gasteiger partial charge in [0.2, 0.25) is 0 Å². The molecule has 0 aliphatic carbocycles. The van der Waals surface area contributed by atoms with Gasteiger partial charge in [-0.25, -0.2) is 0 Å². The van der Waals surface area contributed by atoms with Crippen LogP contribution in [-0.4, -0.2) is 47.0 Å². The molecule has 1 fully saturated rings. The van der Waals surface area contributed by atoms with E-state index in [1.807, 2.05) is 0 Å². The number of halogens is 1. The first-order chi connectivity index (χ1) is 9.66. The zero-order valence-electron chi connectivity index (χ0n) is 11.3. The molecule has 1 aliphatic rings. The largest absolute Gasteiger partial charge is 0.349 e. The minimum Gasteiger partial charge on any atom is -0.349 e. The molecule has 1 amide bonds. The van der Waals surface area contributed by atoms with Crippen molar-refractivity contribution in [3.05, 3.63) is 30.0 Å². The van der Waals surface area contributed by atoms with Gasteiger partial charge in [0.15, 0.2) is 5.69 Å². The van der Waals surface area contributed by atoms with Crippen LogP contribution in [0.5, 0.6) is 0 Å². The summed E-state index contributed by atoms with van der Waals surface area (Å²) in [6, 6.07) is 7.15. The highest BCUT2D eigenvalue weighted by Gasteiger charge is 2.23. The van der Waals surface area contributed by atoms with E-state index in [0.717, 1.165) is 19.4 Å². The molecule has 0 radical (unpaired) electrons. The molecule has 6 heteroatoms. The second kappa shape index (κ2) is 5.20. The van der Waals surface area contributed by atoms with Gasteiger partial charge in [0.25, 0.3) is 5.91 Å². The SMILES string of the molecule is CN1CCC[C@@H]1CNC(=O)c1nn(F)c2ccccc12. The molecule has 1 aromatic heterocycles. The normalized spacial score (nSPS) is 19.6. The summed E-state index contributed by atoms with van der Waals surface area (Å²) in [6.45, 7) is 1.63. The Morgan fingerprint density at radius 3 is 3.05 bits per heavy atom. The first-order valence-electron chi connectivity index (χ1n) is 6.79. The summed E-state index contributed by atoms with van der Waals surface area (Å²) in [6.07, 6.45) is 2.23. The van der Waals surface area contributed by atoms with Crippen molar-refractivity contribution in [2.24, 2.45) is 0 Å². The van der Waals surface area contributed by atoms with Crippen LogP contribution in [0.4, 0.5) is 4.48 Å². The molecule has 1 aromatic carbocycles. The van der Waals surface area contributed by atoms with Gasteiger partial charge in [-0.3, -0.25) is 4.79 Å². The Kier molecular flexibility index (Phi) is 3.40. The third kappa shape index (κ3) is 2.27. The van der Waals surface area contributed by atoms with E-state index in [9.17, 15) is 9.28 Å². The molecule has 5 nitrogen and oxygen atoms in total. The molecule has 1 N–H and O–H groups in total. The van der Waals surface area contributed by atoms with Gasteiger partial charge in [-0.15, -0.1) is 5.10 Å². The maximum atomic E-state index is 13.6. The van der Waals surface area contributed by atoms with Crippen LogP contribution in [0.3, 0.4) is 0 Å². The maximum Gasteiger partial charge on any atom is 0.272 e. The van der Waals surface area contributed by atoms with Crippen LogP contribution >= 0.6 is 0 Å². The van der Waals surface area contributed by atoms with Gasteiger partial charge < -0.3 is 10.2 Å². The zero-order valence-corrected chi connectivity index (χ0v) is 11.3. The number of likely N-dealkylation sites (tertiary alicyclic amines) is 1. The number of para-hydroxylation sites is 1. The molecule has 2 heterocycles. The monoisotopic (exact) mass is 276 g/mol. The molecule has 106 valence electrons. The third-order valence-electron chi connectivity index (χ3n) is 3.93. The van der Waals surface area contributed by atoms with Crippen molar-refractivity contribution in [1.82, 2.24) is 20.2 Å².